The van der Waals surface area contributed by atoms with Crippen molar-refractivity contribution in [2.75, 3.05) is 19.7 Å². The van der Waals surface area contributed by atoms with Crippen LogP contribution in [0.15, 0.2) is 24.3 Å². The third-order valence-corrected chi connectivity index (χ3v) is 3.63. The van der Waals surface area contributed by atoms with E-state index < -0.39 is 5.97 Å². The molecule has 0 aromatic heterocycles. The Balaban J connectivity index is 1.73. The van der Waals surface area contributed by atoms with Crippen LogP contribution >= 0.6 is 0 Å². The number of likely N-dealkylation sites (tertiary alicyclic amines) is 1. The summed E-state index contributed by atoms with van der Waals surface area (Å²) in [6.07, 6.45) is 3.56. The van der Waals surface area contributed by atoms with Crippen molar-refractivity contribution in [1.29, 1.82) is 0 Å². The Morgan fingerprint density at radius 3 is 3.05 bits per heavy atom. The summed E-state index contributed by atoms with van der Waals surface area (Å²) >= 11 is 0. The number of nitrogens with zero attached hydrogens (tertiary/aromatic N) is 1. The first kappa shape index (κ1) is 13.9. The molecule has 0 amide bonds. The van der Waals surface area contributed by atoms with Gasteiger partial charge < -0.3 is 14.7 Å². The average Bonchev–Trinajstić information content (AvgIpc) is 2.81. The van der Waals surface area contributed by atoms with Gasteiger partial charge in [-0.3, -0.25) is 0 Å². The van der Waals surface area contributed by atoms with Gasteiger partial charge in [0.05, 0.1) is 12.2 Å². The van der Waals surface area contributed by atoms with Crippen molar-refractivity contribution in [3.63, 3.8) is 0 Å². The maximum atomic E-state index is 10.8. The summed E-state index contributed by atoms with van der Waals surface area (Å²) < 4.78 is 5.60. The zero-order chi connectivity index (χ0) is 13.7. The first-order valence-corrected chi connectivity index (χ1v) is 6.87. The lowest BCUT2D eigenvalue weighted by atomic mass is 10.2. The molecule has 0 spiro atoms. The molecule has 4 heteroatoms. The molecule has 1 aliphatic rings. The highest BCUT2D eigenvalue weighted by Gasteiger charge is 2.19. The number of hydrogen-bond donors (Lipinski definition) is 1. The van der Waals surface area contributed by atoms with Crippen molar-refractivity contribution in [2.24, 2.45) is 0 Å². The minimum atomic E-state index is -0.920. The van der Waals surface area contributed by atoms with Crippen molar-refractivity contribution in [3.05, 3.63) is 29.8 Å². The molecule has 0 saturated carbocycles. The van der Waals surface area contributed by atoms with Crippen molar-refractivity contribution in [1.82, 2.24) is 4.90 Å². The van der Waals surface area contributed by atoms with Gasteiger partial charge in [0.25, 0.3) is 0 Å². The highest BCUT2D eigenvalue weighted by Crippen LogP contribution is 2.17. The van der Waals surface area contributed by atoms with Gasteiger partial charge in [-0.1, -0.05) is 6.07 Å². The number of benzene rings is 1. The molecule has 1 aromatic carbocycles. The molecule has 1 saturated heterocycles. The number of carbonyl (C=O) groups is 1. The van der Waals surface area contributed by atoms with Crippen LogP contribution in [0.2, 0.25) is 0 Å². The summed E-state index contributed by atoms with van der Waals surface area (Å²) in [5.74, 6) is -0.286. The molecule has 0 bridgehead atoms. The number of ether oxygens (including phenoxy) is 1. The van der Waals surface area contributed by atoms with E-state index in [4.69, 9.17) is 9.84 Å². The summed E-state index contributed by atoms with van der Waals surface area (Å²) in [5.41, 5.74) is 0.269. The number of rotatable bonds is 6. The molecule has 1 atom stereocenters. The predicted octanol–water partition coefficient (Wildman–Crippen LogP) is 2.64. The number of carboxylic acid groups (broad SMARTS) is 1. The molecule has 0 radical (unpaired) electrons. The van der Waals surface area contributed by atoms with Crippen molar-refractivity contribution in [3.8, 4) is 5.75 Å². The summed E-state index contributed by atoms with van der Waals surface area (Å²) in [5, 5.41) is 8.89. The SMILES string of the molecule is CC1CCCN1CCCOc1cccc(C(=O)O)c1. The number of aromatic carboxylic acids is 1. The Kier molecular flexibility index (Phi) is 4.80. The van der Waals surface area contributed by atoms with Crippen LogP contribution in [0.3, 0.4) is 0 Å². The molecule has 1 heterocycles. The Labute approximate surface area is 114 Å². The Morgan fingerprint density at radius 2 is 2.37 bits per heavy atom. The summed E-state index contributed by atoms with van der Waals surface area (Å²) in [6, 6.07) is 7.34. The molecule has 1 N–H and O–H groups in total. The van der Waals surface area contributed by atoms with E-state index in [1.807, 2.05) is 0 Å². The van der Waals surface area contributed by atoms with Gasteiger partial charge in [0, 0.05) is 12.6 Å². The average molecular weight is 263 g/mol. The second-order valence-corrected chi connectivity index (χ2v) is 5.06. The van der Waals surface area contributed by atoms with Gasteiger partial charge in [-0.25, -0.2) is 4.79 Å². The smallest absolute Gasteiger partial charge is 0.335 e. The van der Waals surface area contributed by atoms with Crippen molar-refractivity contribution in [2.45, 2.75) is 32.2 Å². The number of hydrogen-bond acceptors (Lipinski definition) is 3. The van der Waals surface area contributed by atoms with Gasteiger partial charge in [0.1, 0.15) is 5.75 Å². The molecule has 104 valence electrons. The van der Waals surface area contributed by atoms with E-state index in [9.17, 15) is 4.79 Å². The molecule has 1 unspecified atom stereocenters. The van der Waals surface area contributed by atoms with Crippen LogP contribution in [0, 0.1) is 0 Å². The lowest BCUT2D eigenvalue weighted by Crippen LogP contribution is -2.28. The topological polar surface area (TPSA) is 49.8 Å². The molecular formula is C15H21NO3. The summed E-state index contributed by atoms with van der Waals surface area (Å²) in [4.78, 5) is 13.3. The Morgan fingerprint density at radius 1 is 1.53 bits per heavy atom. The van der Waals surface area contributed by atoms with E-state index in [1.54, 1.807) is 24.3 Å². The third kappa shape index (κ3) is 3.96. The van der Waals surface area contributed by atoms with Crippen LogP contribution in [-0.2, 0) is 0 Å². The highest BCUT2D eigenvalue weighted by atomic mass is 16.5. The van der Waals surface area contributed by atoms with Crippen molar-refractivity contribution < 1.29 is 14.6 Å². The van der Waals surface area contributed by atoms with Gasteiger partial charge in [-0.05, 0) is 50.9 Å². The molecule has 1 fully saturated rings. The van der Waals surface area contributed by atoms with Gasteiger partial charge >= 0.3 is 5.97 Å². The maximum absolute atomic E-state index is 10.8. The van der Waals surface area contributed by atoms with Crippen LogP contribution in [0.4, 0.5) is 0 Å². The standard InChI is InChI=1S/C15H21NO3/c1-12-5-3-8-16(12)9-4-10-19-14-7-2-6-13(11-14)15(17)18/h2,6-7,11-12H,3-5,8-10H2,1H3,(H,17,18). The predicted molar refractivity (Wildman–Crippen MR) is 73.8 cm³/mol. The first-order valence-electron chi connectivity index (χ1n) is 6.87. The highest BCUT2D eigenvalue weighted by molar-refractivity contribution is 5.87. The van der Waals surface area contributed by atoms with Gasteiger partial charge in [0.15, 0.2) is 0 Å². The molecule has 4 nitrogen and oxygen atoms in total. The summed E-state index contributed by atoms with van der Waals surface area (Å²) in [7, 11) is 0. The minimum Gasteiger partial charge on any atom is -0.494 e. The molecule has 19 heavy (non-hydrogen) atoms. The van der Waals surface area contributed by atoms with Crippen LogP contribution in [-0.4, -0.2) is 41.7 Å². The third-order valence-electron chi connectivity index (χ3n) is 3.63. The maximum Gasteiger partial charge on any atom is 0.335 e. The normalized spacial score (nSPS) is 19.5. The lowest BCUT2D eigenvalue weighted by molar-refractivity contribution is 0.0696. The fraction of sp³-hybridized carbons (Fsp3) is 0.533. The van der Waals surface area contributed by atoms with Crippen LogP contribution in [0.5, 0.6) is 5.75 Å². The van der Waals surface area contributed by atoms with Gasteiger partial charge in [0.2, 0.25) is 0 Å². The van der Waals surface area contributed by atoms with E-state index >= 15 is 0 Å². The quantitative estimate of drug-likeness (QED) is 0.802. The molecule has 1 aliphatic heterocycles. The van der Waals surface area contributed by atoms with E-state index in [1.165, 1.54) is 19.4 Å². The van der Waals surface area contributed by atoms with Crippen LogP contribution in [0.1, 0.15) is 36.5 Å². The van der Waals surface area contributed by atoms with E-state index in [-0.39, 0.29) is 5.56 Å². The van der Waals surface area contributed by atoms with E-state index in [2.05, 4.69) is 11.8 Å². The molecule has 2 rings (SSSR count). The fourth-order valence-corrected chi connectivity index (χ4v) is 2.50. The first-order chi connectivity index (χ1) is 9.16. The van der Waals surface area contributed by atoms with Gasteiger partial charge in [-0.15, -0.1) is 0 Å². The zero-order valence-electron chi connectivity index (χ0n) is 11.3. The molecule has 0 aliphatic carbocycles. The zero-order valence-corrected chi connectivity index (χ0v) is 11.3. The van der Waals surface area contributed by atoms with Crippen molar-refractivity contribution >= 4 is 5.97 Å². The lowest BCUT2D eigenvalue weighted by Gasteiger charge is -2.20. The summed E-state index contributed by atoms with van der Waals surface area (Å²) in [6.45, 7) is 5.14. The Bertz CT molecular complexity index is 433. The molecule has 1 aromatic rings. The molecular weight excluding hydrogens is 242 g/mol. The monoisotopic (exact) mass is 263 g/mol. The van der Waals surface area contributed by atoms with Crippen LogP contribution in [0.25, 0.3) is 0 Å². The van der Waals surface area contributed by atoms with Gasteiger partial charge in [-0.2, -0.15) is 0 Å². The van der Waals surface area contributed by atoms with E-state index in [0.29, 0.717) is 18.4 Å². The minimum absolute atomic E-state index is 0.269. The van der Waals surface area contributed by atoms with Crippen LogP contribution < -0.4 is 4.74 Å². The van der Waals surface area contributed by atoms with E-state index in [0.717, 1.165) is 13.0 Å². The second kappa shape index (κ2) is 6.57. The number of carboxylic acids is 1. The Hall–Kier alpha value is -1.55. The largest absolute Gasteiger partial charge is 0.494 e. The second-order valence-electron chi connectivity index (χ2n) is 5.06. The fourth-order valence-electron chi connectivity index (χ4n) is 2.50.